The number of nitrogens with zero attached hydrogens (tertiary/aromatic N) is 2. The summed E-state index contributed by atoms with van der Waals surface area (Å²) in [6, 6.07) is 6.11. The lowest BCUT2D eigenvalue weighted by atomic mass is 10.0. The van der Waals surface area contributed by atoms with Crippen LogP contribution in [0.5, 0.6) is 0 Å². The molecule has 0 radical (unpaired) electrons. The number of aryl methyl sites for hydroxylation is 2. The number of aromatic nitrogens is 2. The van der Waals surface area contributed by atoms with Gasteiger partial charge in [-0.2, -0.15) is 0 Å². The molecule has 1 aromatic heterocycles. The Morgan fingerprint density at radius 2 is 2.00 bits per heavy atom. The zero-order valence-corrected chi connectivity index (χ0v) is 10.1. The monoisotopic (exact) mass is 228 g/mol. The maximum absolute atomic E-state index is 5.66. The van der Waals surface area contributed by atoms with Gasteiger partial charge in [0.1, 0.15) is 5.82 Å². The van der Waals surface area contributed by atoms with Crippen molar-refractivity contribution >= 4 is 5.82 Å². The standard InChI is InChI=1S/C13H16N4/c1-8-5-10(6-14)3-4-11(8)12-7-16-13(15)9(2)17-12/h3-5,7H,6,14H2,1-2H3,(H2,15,16). The molecule has 0 spiro atoms. The van der Waals surface area contributed by atoms with E-state index in [-0.39, 0.29) is 0 Å². The lowest BCUT2D eigenvalue weighted by molar-refractivity contribution is 1.06. The molecule has 0 aliphatic heterocycles. The van der Waals surface area contributed by atoms with Crippen molar-refractivity contribution in [3.05, 3.63) is 41.2 Å². The molecule has 0 unspecified atom stereocenters. The van der Waals surface area contributed by atoms with Crippen LogP contribution in [0.1, 0.15) is 16.8 Å². The average Bonchev–Trinajstić information content (AvgIpc) is 2.32. The summed E-state index contributed by atoms with van der Waals surface area (Å²) in [7, 11) is 0. The van der Waals surface area contributed by atoms with E-state index in [4.69, 9.17) is 11.5 Å². The largest absolute Gasteiger partial charge is 0.382 e. The summed E-state index contributed by atoms with van der Waals surface area (Å²) >= 11 is 0. The van der Waals surface area contributed by atoms with Gasteiger partial charge in [-0.15, -0.1) is 0 Å². The SMILES string of the molecule is Cc1cc(CN)ccc1-c1cnc(N)c(C)n1. The number of hydrogen-bond donors (Lipinski definition) is 2. The fraction of sp³-hybridized carbons (Fsp3) is 0.231. The summed E-state index contributed by atoms with van der Waals surface area (Å²) in [6.45, 7) is 4.45. The first-order valence-electron chi connectivity index (χ1n) is 5.51. The zero-order chi connectivity index (χ0) is 12.4. The highest BCUT2D eigenvalue weighted by Gasteiger charge is 2.06. The Bertz CT molecular complexity index is 549. The highest BCUT2D eigenvalue weighted by Crippen LogP contribution is 2.23. The van der Waals surface area contributed by atoms with Gasteiger partial charge < -0.3 is 11.5 Å². The van der Waals surface area contributed by atoms with Crippen molar-refractivity contribution in [1.29, 1.82) is 0 Å². The van der Waals surface area contributed by atoms with Crippen LogP contribution < -0.4 is 11.5 Å². The quantitative estimate of drug-likeness (QED) is 0.821. The van der Waals surface area contributed by atoms with Crippen LogP contribution in [0.25, 0.3) is 11.3 Å². The van der Waals surface area contributed by atoms with Gasteiger partial charge in [0.15, 0.2) is 0 Å². The summed E-state index contributed by atoms with van der Waals surface area (Å²) < 4.78 is 0. The molecule has 4 N–H and O–H groups in total. The summed E-state index contributed by atoms with van der Waals surface area (Å²) in [5.74, 6) is 0.477. The van der Waals surface area contributed by atoms with Crippen LogP contribution in [-0.2, 0) is 6.54 Å². The molecule has 4 nitrogen and oxygen atoms in total. The van der Waals surface area contributed by atoms with Gasteiger partial charge >= 0.3 is 0 Å². The minimum Gasteiger partial charge on any atom is -0.382 e. The summed E-state index contributed by atoms with van der Waals surface area (Å²) in [5, 5.41) is 0. The Kier molecular flexibility index (Phi) is 3.06. The molecule has 4 heteroatoms. The van der Waals surface area contributed by atoms with Crippen molar-refractivity contribution in [2.45, 2.75) is 20.4 Å². The fourth-order valence-electron chi connectivity index (χ4n) is 1.76. The maximum Gasteiger partial charge on any atom is 0.144 e. The van der Waals surface area contributed by atoms with Crippen molar-refractivity contribution in [3.8, 4) is 11.3 Å². The number of benzene rings is 1. The second-order valence-electron chi connectivity index (χ2n) is 4.08. The summed E-state index contributed by atoms with van der Waals surface area (Å²) in [6.07, 6.45) is 1.70. The molecule has 1 heterocycles. The second-order valence-corrected chi connectivity index (χ2v) is 4.08. The highest BCUT2D eigenvalue weighted by molar-refractivity contribution is 5.64. The maximum atomic E-state index is 5.66. The van der Waals surface area contributed by atoms with Crippen LogP contribution >= 0.6 is 0 Å². The van der Waals surface area contributed by atoms with Crippen molar-refractivity contribution in [2.75, 3.05) is 5.73 Å². The van der Waals surface area contributed by atoms with Gasteiger partial charge in [0.2, 0.25) is 0 Å². The topological polar surface area (TPSA) is 77.8 Å². The Labute approximate surface area is 101 Å². The molecule has 0 aliphatic rings. The van der Waals surface area contributed by atoms with Crippen LogP contribution in [-0.4, -0.2) is 9.97 Å². The normalized spacial score (nSPS) is 10.5. The molecule has 0 saturated carbocycles. The predicted octanol–water partition coefficient (Wildman–Crippen LogP) is 1.80. The molecule has 1 aromatic carbocycles. The third-order valence-electron chi connectivity index (χ3n) is 2.79. The summed E-state index contributed by atoms with van der Waals surface area (Å²) in [5.41, 5.74) is 16.2. The molecule has 0 atom stereocenters. The lowest BCUT2D eigenvalue weighted by Gasteiger charge is -2.08. The highest BCUT2D eigenvalue weighted by atomic mass is 14.9. The van der Waals surface area contributed by atoms with E-state index in [1.165, 1.54) is 0 Å². The van der Waals surface area contributed by atoms with Crippen LogP contribution in [0.3, 0.4) is 0 Å². The molecule has 0 bridgehead atoms. The predicted molar refractivity (Wildman–Crippen MR) is 69.2 cm³/mol. The average molecular weight is 228 g/mol. The second kappa shape index (κ2) is 4.51. The molecule has 0 amide bonds. The molecular weight excluding hydrogens is 212 g/mol. The van der Waals surface area contributed by atoms with Crippen LogP contribution in [0.15, 0.2) is 24.4 Å². The van der Waals surface area contributed by atoms with Gasteiger partial charge in [0.25, 0.3) is 0 Å². The third kappa shape index (κ3) is 2.26. The number of nitrogen functional groups attached to an aromatic ring is 1. The van der Waals surface area contributed by atoms with E-state index in [1.54, 1.807) is 6.20 Å². The fourth-order valence-corrected chi connectivity index (χ4v) is 1.76. The van der Waals surface area contributed by atoms with Crippen molar-refractivity contribution in [3.63, 3.8) is 0 Å². The Morgan fingerprint density at radius 3 is 2.59 bits per heavy atom. The first-order chi connectivity index (χ1) is 8.11. The Balaban J connectivity index is 2.49. The molecule has 0 fully saturated rings. The van der Waals surface area contributed by atoms with Crippen LogP contribution in [0, 0.1) is 13.8 Å². The van der Waals surface area contributed by atoms with Gasteiger partial charge in [0, 0.05) is 12.1 Å². The van der Waals surface area contributed by atoms with Crippen molar-refractivity contribution in [1.82, 2.24) is 9.97 Å². The van der Waals surface area contributed by atoms with Crippen LogP contribution in [0.4, 0.5) is 5.82 Å². The number of hydrogen-bond acceptors (Lipinski definition) is 4. The molecule has 2 rings (SSSR count). The van der Waals surface area contributed by atoms with Gasteiger partial charge in [-0.1, -0.05) is 18.2 Å². The van der Waals surface area contributed by atoms with Crippen LogP contribution in [0.2, 0.25) is 0 Å². The van der Waals surface area contributed by atoms with Crippen molar-refractivity contribution < 1.29 is 0 Å². The zero-order valence-electron chi connectivity index (χ0n) is 10.1. The van der Waals surface area contributed by atoms with Gasteiger partial charge in [0.05, 0.1) is 17.6 Å². The summed E-state index contributed by atoms with van der Waals surface area (Å²) in [4.78, 5) is 8.57. The third-order valence-corrected chi connectivity index (χ3v) is 2.79. The van der Waals surface area contributed by atoms with E-state index in [0.29, 0.717) is 12.4 Å². The van der Waals surface area contributed by atoms with E-state index in [2.05, 4.69) is 16.0 Å². The van der Waals surface area contributed by atoms with E-state index >= 15 is 0 Å². The molecule has 0 saturated heterocycles. The van der Waals surface area contributed by atoms with E-state index in [1.807, 2.05) is 26.0 Å². The van der Waals surface area contributed by atoms with Gasteiger partial charge in [-0.05, 0) is 25.0 Å². The van der Waals surface area contributed by atoms with Gasteiger partial charge in [-0.25, -0.2) is 9.97 Å². The minimum absolute atomic E-state index is 0.477. The van der Waals surface area contributed by atoms with Crippen molar-refractivity contribution in [2.24, 2.45) is 5.73 Å². The number of rotatable bonds is 2. The minimum atomic E-state index is 0.477. The Hall–Kier alpha value is -1.94. The molecule has 17 heavy (non-hydrogen) atoms. The number of anilines is 1. The molecule has 88 valence electrons. The molecule has 2 aromatic rings. The smallest absolute Gasteiger partial charge is 0.144 e. The molecular formula is C13H16N4. The van der Waals surface area contributed by atoms with E-state index in [0.717, 1.165) is 28.1 Å². The van der Waals surface area contributed by atoms with E-state index in [9.17, 15) is 0 Å². The molecule has 0 aliphatic carbocycles. The van der Waals surface area contributed by atoms with E-state index < -0.39 is 0 Å². The number of nitrogens with two attached hydrogens (primary N) is 2. The Morgan fingerprint density at radius 1 is 1.24 bits per heavy atom. The first kappa shape index (κ1) is 11.5. The first-order valence-corrected chi connectivity index (χ1v) is 5.51. The van der Waals surface area contributed by atoms with Gasteiger partial charge in [-0.3, -0.25) is 0 Å². The lowest BCUT2D eigenvalue weighted by Crippen LogP contribution is -2.00.